The van der Waals surface area contributed by atoms with Crippen LogP contribution in [0.25, 0.3) is 20.7 Å². The van der Waals surface area contributed by atoms with Crippen LogP contribution < -0.4 is 9.47 Å². The summed E-state index contributed by atoms with van der Waals surface area (Å²) in [5, 5.41) is 10.9. The number of halogens is 1. The minimum atomic E-state index is -0.800. The number of benzene rings is 2. The first-order chi connectivity index (χ1) is 17.5. The van der Waals surface area contributed by atoms with Gasteiger partial charge in [-0.25, -0.2) is 4.39 Å². The van der Waals surface area contributed by atoms with Crippen molar-refractivity contribution in [3.05, 3.63) is 76.2 Å². The fourth-order valence-corrected chi connectivity index (χ4v) is 5.08. The van der Waals surface area contributed by atoms with Crippen molar-refractivity contribution in [2.75, 3.05) is 39.5 Å². The number of nitro benzene ring substituents is 1. The third-order valence-corrected chi connectivity index (χ3v) is 7.14. The van der Waals surface area contributed by atoms with Gasteiger partial charge in [-0.2, -0.15) is 0 Å². The molecule has 4 aromatic rings. The molecule has 2 aromatic heterocycles. The van der Waals surface area contributed by atoms with Crippen molar-refractivity contribution in [1.29, 1.82) is 0 Å². The lowest BCUT2D eigenvalue weighted by Crippen LogP contribution is -2.38. The SMILES string of the molecule is Cc1cc(-c2cc3nccc(Oc4ccc([N+](=O)[O-])cc4F)c3s2)ccc1OCCN1CCOCC1. The average molecular weight is 510 g/mol. The largest absolute Gasteiger partial charge is 0.492 e. The molecule has 0 atom stereocenters. The van der Waals surface area contributed by atoms with E-state index in [4.69, 9.17) is 14.2 Å². The van der Waals surface area contributed by atoms with Crippen LogP contribution in [0.2, 0.25) is 0 Å². The minimum absolute atomic E-state index is 0.0857. The number of nitrogens with zero attached hydrogens (tertiary/aromatic N) is 3. The van der Waals surface area contributed by atoms with Gasteiger partial charge in [0.2, 0.25) is 0 Å². The second-order valence-corrected chi connectivity index (χ2v) is 9.44. The van der Waals surface area contributed by atoms with E-state index in [0.717, 1.165) is 70.9 Å². The van der Waals surface area contributed by atoms with Crippen LogP contribution in [-0.4, -0.2) is 54.3 Å². The lowest BCUT2D eigenvalue weighted by molar-refractivity contribution is -0.385. The maximum Gasteiger partial charge on any atom is 0.272 e. The number of thiophene rings is 1. The molecule has 0 bridgehead atoms. The van der Waals surface area contributed by atoms with Crippen molar-refractivity contribution in [1.82, 2.24) is 9.88 Å². The molecule has 0 amide bonds. The molecule has 0 radical (unpaired) electrons. The zero-order valence-electron chi connectivity index (χ0n) is 19.6. The molecule has 1 saturated heterocycles. The Kier molecular flexibility index (Phi) is 7.08. The van der Waals surface area contributed by atoms with Gasteiger partial charge in [0, 0.05) is 42.8 Å². The monoisotopic (exact) mass is 509 g/mol. The predicted molar refractivity (Wildman–Crippen MR) is 136 cm³/mol. The van der Waals surface area contributed by atoms with Crippen LogP contribution in [0.15, 0.2) is 54.7 Å². The first kappa shape index (κ1) is 24.1. The number of aryl methyl sites for hydroxylation is 1. The van der Waals surface area contributed by atoms with E-state index >= 15 is 0 Å². The zero-order chi connectivity index (χ0) is 25.1. The molecule has 0 N–H and O–H groups in total. The second kappa shape index (κ2) is 10.6. The van der Waals surface area contributed by atoms with Gasteiger partial charge in [-0.1, -0.05) is 0 Å². The highest BCUT2D eigenvalue weighted by Crippen LogP contribution is 2.40. The molecule has 1 aliphatic rings. The summed E-state index contributed by atoms with van der Waals surface area (Å²) in [6.45, 7) is 6.91. The Morgan fingerprint density at radius 2 is 1.92 bits per heavy atom. The lowest BCUT2D eigenvalue weighted by atomic mass is 10.1. The summed E-state index contributed by atoms with van der Waals surface area (Å²) in [5.74, 6) is 0.399. The molecular weight excluding hydrogens is 485 g/mol. The molecule has 36 heavy (non-hydrogen) atoms. The molecule has 0 saturated carbocycles. The van der Waals surface area contributed by atoms with Gasteiger partial charge >= 0.3 is 0 Å². The van der Waals surface area contributed by atoms with E-state index in [1.54, 1.807) is 12.3 Å². The van der Waals surface area contributed by atoms with E-state index in [9.17, 15) is 14.5 Å². The number of non-ortho nitro benzene ring substituents is 1. The molecule has 1 aliphatic heterocycles. The van der Waals surface area contributed by atoms with E-state index < -0.39 is 10.7 Å². The number of aromatic nitrogens is 1. The zero-order valence-corrected chi connectivity index (χ0v) is 20.4. The van der Waals surface area contributed by atoms with Crippen molar-refractivity contribution >= 4 is 27.2 Å². The van der Waals surface area contributed by atoms with Crippen molar-refractivity contribution in [2.24, 2.45) is 0 Å². The van der Waals surface area contributed by atoms with Gasteiger partial charge in [0.15, 0.2) is 11.6 Å². The minimum Gasteiger partial charge on any atom is -0.492 e. The molecular formula is C26H24FN3O5S. The van der Waals surface area contributed by atoms with Crippen LogP contribution in [0.4, 0.5) is 10.1 Å². The van der Waals surface area contributed by atoms with Gasteiger partial charge in [-0.3, -0.25) is 20.0 Å². The van der Waals surface area contributed by atoms with Gasteiger partial charge in [0.25, 0.3) is 5.69 Å². The van der Waals surface area contributed by atoms with Gasteiger partial charge in [-0.05, 0) is 48.4 Å². The summed E-state index contributed by atoms with van der Waals surface area (Å²) in [6.07, 6.45) is 1.59. The fourth-order valence-electron chi connectivity index (χ4n) is 4.02. The number of hydrogen-bond acceptors (Lipinski definition) is 8. The Hall–Kier alpha value is -3.60. The van der Waals surface area contributed by atoms with Gasteiger partial charge in [-0.15, -0.1) is 11.3 Å². The number of pyridine rings is 1. The molecule has 2 aromatic carbocycles. The number of fused-ring (bicyclic) bond motifs is 1. The summed E-state index contributed by atoms with van der Waals surface area (Å²) >= 11 is 1.48. The highest BCUT2D eigenvalue weighted by atomic mass is 32.1. The number of rotatable bonds is 8. The summed E-state index contributed by atoms with van der Waals surface area (Å²) in [5.41, 5.74) is 2.44. The van der Waals surface area contributed by atoms with Crippen LogP contribution in [0.5, 0.6) is 17.2 Å². The average Bonchev–Trinajstić information content (AvgIpc) is 3.32. The van der Waals surface area contributed by atoms with Crippen LogP contribution in [0.1, 0.15) is 5.56 Å². The summed E-state index contributed by atoms with van der Waals surface area (Å²) in [7, 11) is 0. The topological polar surface area (TPSA) is 87.0 Å². The molecule has 0 unspecified atom stereocenters. The maximum absolute atomic E-state index is 14.4. The molecule has 1 fully saturated rings. The Balaban J connectivity index is 1.32. The van der Waals surface area contributed by atoms with E-state index in [2.05, 4.69) is 16.0 Å². The Morgan fingerprint density at radius 1 is 1.11 bits per heavy atom. The van der Waals surface area contributed by atoms with E-state index in [1.165, 1.54) is 23.5 Å². The van der Waals surface area contributed by atoms with Crippen LogP contribution in [-0.2, 0) is 4.74 Å². The highest BCUT2D eigenvalue weighted by Gasteiger charge is 2.16. The lowest BCUT2D eigenvalue weighted by Gasteiger charge is -2.26. The smallest absolute Gasteiger partial charge is 0.272 e. The normalized spacial score (nSPS) is 14.2. The highest BCUT2D eigenvalue weighted by molar-refractivity contribution is 7.22. The summed E-state index contributed by atoms with van der Waals surface area (Å²) in [6, 6.07) is 13.0. The number of morpholine rings is 1. The van der Waals surface area contributed by atoms with Gasteiger partial charge in [0.1, 0.15) is 18.1 Å². The molecule has 0 spiro atoms. The Morgan fingerprint density at radius 3 is 2.67 bits per heavy atom. The quantitative estimate of drug-likeness (QED) is 0.218. The Bertz CT molecular complexity index is 1400. The van der Waals surface area contributed by atoms with Crippen molar-refractivity contribution in [2.45, 2.75) is 6.92 Å². The molecule has 10 heteroatoms. The number of nitro groups is 1. The molecule has 186 valence electrons. The maximum atomic E-state index is 14.4. The van der Waals surface area contributed by atoms with E-state index in [1.807, 2.05) is 25.1 Å². The first-order valence-corrected chi connectivity index (χ1v) is 12.3. The molecule has 3 heterocycles. The van der Waals surface area contributed by atoms with Crippen molar-refractivity contribution in [3.8, 4) is 27.7 Å². The predicted octanol–water partition coefficient (Wildman–Crippen LogP) is 5.82. The van der Waals surface area contributed by atoms with E-state index in [0.29, 0.717) is 12.4 Å². The molecule has 8 nitrogen and oxygen atoms in total. The van der Waals surface area contributed by atoms with Crippen molar-refractivity contribution < 1.29 is 23.5 Å². The number of hydrogen-bond donors (Lipinski definition) is 0. The Labute approximate surface area is 211 Å². The number of ether oxygens (including phenoxy) is 3. The molecule has 5 rings (SSSR count). The molecule has 0 aliphatic carbocycles. The van der Waals surface area contributed by atoms with Gasteiger partial charge in [0.05, 0.1) is 34.4 Å². The van der Waals surface area contributed by atoms with Gasteiger partial charge < -0.3 is 14.2 Å². The van der Waals surface area contributed by atoms with E-state index in [-0.39, 0.29) is 11.4 Å². The summed E-state index contributed by atoms with van der Waals surface area (Å²) in [4.78, 5) is 18.0. The van der Waals surface area contributed by atoms with Crippen LogP contribution >= 0.6 is 11.3 Å². The third-order valence-electron chi connectivity index (χ3n) is 5.95. The second-order valence-electron chi connectivity index (χ2n) is 8.39. The third kappa shape index (κ3) is 5.30. The van der Waals surface area contributed by atoms with Crippen LogP contribution in [0, 0.1) is 22.9 Å². The fraction of sp³-hybridized carbons (Fsp3) is 0.269. The summed E-state index contributed by atoms with van der Waals surface area (Å²) < 4.78 is 32.3. The van der Waals surface area contributed by atoms with Crippen molar-refractivity contribution in [3.63, 3.8) is 0 Å². The standard InChI is InChI=1S/C26H24FN3O5S/c1-17-14-18(2-4-22(17)34-13-10-29-8-11-33-12-9-29)25-16-21-26(36-25)24(6-7-28-21)35-23-5-3-19(30(31)32)15-20(23)27/h2-7,14-16H,8-13H2,1H3. The van der Waals surface area contributed by atoms with Crippen LogP contribution in [0.3, 0.4) is 0 Å². The first-order valence-electron chi connectivity index (χ1n) is 11.5.